The molecular weight excluding hydrogens is 508 g/mol. The molecule has 1 heterocycles. The maximum atomic E-state index is 12.7. The van der Waals surface area contributed by atoms with E-state index in [2.05, 4.69) is 21.2 Å². The van der Waals surface area contributed by atoms with Crippen molar-refractivity contribution in [2.24, 2.45) is 0 Å². The van der Waals surface area contributed by atoms with Gasteiger partial charge in [-0.3, -0.25) is 19.3 Å². The summed E-state index contributed by atoms with van der Waals surface area (Å²) in [6, 6.07) is 10.1. The molecule has 7 nitrogen and oxygen atoms in total. The molecule has 0 bridgehead atoms. The Balaban J connectivity index is 1.76. The van der Waals surface area contributed by atoms with Crippen LogP contribution in [-0.4, -0.2) is 42.2 Å². The highest BCUT2D eigenvalue weighted by molar-refractivity contribution is 9.10. The van der Waals surface area contributed by atoms with Crippen molar-refractivity contribution in [1.29, 1.82) is 0 Å². The summed E-state index contributed by atoms with van der Waals surface area (Å²) in [5.41, 5.74) is 1.12. The van der Waals surface area contributed by atoms with E-state index in [9.17, 15) is 14.4 Å². The lowest BCUT2D eigenvalue weighted by atomic mass is 10.2. The number of benzene rings is 2. The van der Waals surface area contributed by atoms with Gasteiger partial charge in [-0.2, -0.15) is 0 Å². The lowest BCUT2D eigenvalue weighted by Gasteiger charge is -2.13. The van der Waals surface area contributed by atoms with E-state index >= 15 is 0 Å². The van der Waals surface area contributed by atoms with Crippen molar-refractivity contribution in [2.75, 3.05) is 25.6 Å². The maximum absolute atomic E-state index is 12.7. The molecule has 31 heavy (non-hydrogen) atoms. The maximum Gasteiger partial charge on any atom is 0.294 e. The van der Waals surface area contributed by atoms with E-state index in [0.717, 1.165) is 16.7 Å². The highest BCUT2D eigenvalue weighted by atomic mass is 79.9. The van der Waals surface area contributed by atoms with Crippen molar-refractivity contribution >= 4 is 68.1 Å². The minimum Gasteiger partial charge on any atom is -0.492 e. The first kappa shape index (κ1) is 23.2. The molecule has 1 fully saturated rings. The highest BCUT2D eigenvalue weighted by Crippen LogP contribution is 2.39. The Morgan fingerprint density at radius 3 is 2.74 bits per heavy atom. The molecule has 3 amide bonds. The third-order valence-electron chi connectivity index (χ3n) is 4.12. The molecule has 0 aliphatic carbocycles. The summed E-state index contributed by atoms with van der Waals surface area (Å²) >= 11 is 10.1. The molecular formula is C21H18BrClN2O5S. The fourth-order valence-electron chi connectivity index (χ4n) is 2.83. The predicted molar refractivity (Wildman–Crippen MR) is 125 cm³/mol. The number of hydrogen-bond acceptors (Lipinski definition) is 6. The normalized spacial score (nSPS) is 14.8. The number of amides is 3. The largest absolute Gasteiger partial charge is 0.492 e. The summed E-state index contributed by atoms with van der Waals surface area (Å²) in [5.74, 6) is -0.00618. The second kappa shape index (κ2) is 10.2. The molecule has 1 saturated heterocycles. The van der Waals surface area contributed by atoms with Gasteiger partial charge in [0.25, 0.3) is 11.1 Å². The molecule has 1 N–H and O–H groups in total. The van der Waals surface area contributed by atoms with Gasteiger partial charge in [-0.15, -0.1) is 0 Å². The van der Waals surface area contributed by atoms with Crippen LogP contribution in [0.1, 0.15) is 12.5 Å². The number of hydrogen-bond donors (Lipinski definition) is 1. The lowest BCUT2D eigenvalue weighted by Crippen LogP contribution is -2.36. The number of halogens is 2. The van der Waals surface area contributed by atoms with E-state index in [-0.39, 0.29) is 4.91 Å². The molecule has 0 saturated carbocycles. The second-order valence-electron chi connectivity index (χ2n) is 6.29. The number of rotatable bonds is 7. The van der Waals surface area contributed by atoms with Crippen LogP contribution in [0.25, 0.3) is 6.08 Å². The fraction of sp³-hybridized carbons (Fsp3) is 0.190. The Bertz CT molecular complexity index is 1080. The number of carbonyl (C=O) groups is 3. The third-order valence-corrected chi connectivity index (χ3v) is 5.85. The van der Waals surface area contributed by atoms with Crippen LogP contribution in [0.4, 0.5) is 10.5 Å². The van der Waals surface area contributed by atoms with E-state index in [1.54, 1.807) is 42.5 Å². The Hall–Kier alpha value is -2.49. The van der Waals surface area contributed by atoms with E-state index in [1.807, 2.05) is 6.92 Å². The van der Waals surface area contributed by atoms with Crippen LogP contribution in [0.5, 0.6) is 11.5 Å². The van der Waals surface area contributed by atoms with Crippen LogP contribution in [0.2, 0.25) is 5.02 Å². The van der Waals surface area contributed by atoms with Crippen molar-refractivity contribution in [3.8, 4) is 11.5 Å². The van der Waals surface area contributed by atoms with Gasteiger partial charge in [0, 0.05) is 10.7 Å². The monoisotopic (exact) mass is 524 g/mol. The molecule has 1 aliphatic heterocycles. The topological polar surface area (TPSA) is 84.9 Å². The van der Waals surface area contributed by atoms with Crippen LogP contribution >= 0.6 is 39.3 Å². The molecule has 1 aliphatic rings. The summed E-state index contributed by atoms with van der Waals surface area (Å²) in [4.78, 5) is 38.5. The zero-order valence-electron chi connectivity index (χ0n) is 16.6. The lowest BCUT2D eigenvalue weighted by molar-refractivity contribution is -0.127. The summed E-state index contributed by atoms with van der Waals surface area (Å²) in [5, 5.41) is 2.57. The van der Waals surface area contributed by atoms with Crippen LogP contribution in [0.3, 0.4) is 0 Å². The fourth-order valence-corrected chi connectivity index (χ4v) is 4.48. The van der Waals surface area contributed by atoms with E-state index in [0.29, 0.717) is 38.9 Å². The van der Waals surface area contributed by atoms with Crippen LogP contribution < -0.4 is 14.8 Å². The molecule has 0 spiro atoms. The van der Waals surface area contributed by atoms with Gasteiger partial charge in [0.1, 0.15) is 6.54 Å². The van der Waals surface area contributed by atoms with Gasteiger partial charge in [0.05, 0.1) is 23.1 Å². The predicted octanol–water partition coefficient (Wildman–Crippen LogP) is 5.18. The quantitative estimate of drug-likeness (QED) is 0.501. The number of imide groups is 1. The van der Waals surface area contributed by atoms with Crippen molar-refractivity contribution < 1.29 is 23.9 Å². The average molecular weight is 526 g/mol. The molecule has 2 aromatic rings. The molecule has 0 aromatic heterocycles. The minimum atomic E-state index is -0.541. The van der Waals surface area contributed by atoms with Crippen LogP contribution in [0.15, 0.2) is 45.8 Å². The van der Waals surface area contributed by atoms with Crippen molar-refractivity contribution in [1.82, 2.24) is 4.90 Å². The van der Waals surface area contributed by atoms with Gasteiger partial charge in [-0.1, -0.05) is 17.7 Å². The number of carbonyl (C=O) groups excluding carboxylic acids is 3. The molecule has 0 radical (unpaired) electrons. The number of thioether (sulfide) groups is 1. The third kappa shape index (κ3) is 5.61. The zero-order chi connectivity index (χ0) is 22.5. The molecule has 10 heteroatoms. The zero-order valence-corrected chi connectivity index (χ0v) is 19.8. The highest BCUT2D eigenvalue weighted by Gasteiger charge is 2.36. The van der Waals surface area contributed by atoms with E-state index in [4.69, 9.17) is 21.1 Å². The van der Waals surface area contributed by atoms with E-state index < -0.39 is 23.6 Å². The number of methoxy groups -OCH3 is 1. The first-order chi connectivity index (χ1) is 14.8. The molecule has 0 unspecified atom stereocenters. The smallest absolute Gasteiger partial charge is 0.294 e. The summed E-state index contributed by atoms with van der Waals surface area (Å²) in [6.45, 7) is 1.88. The van der Waals surface area contributed by atoms with Gasteiger partial charge in [-0.05, 0) is 76.6 Å². The molecule has 2 aromatic carbocycles. The van der Waals surface area contributed by atoms with Crippen molar-refractivity contribution in [3.63, 3.8) is 0 Å². The van der Waals surface area contributed by atoms with Crippen LogP contribution in [-0.2, 0) is 9.59 Å². The Labute approximate surface area is 196 Å². The number of nitrogens with zero attached hydrogens (tertiary/aromatic N) is 1. The SMILES string of the molecule is CCOc1cc(/C=C2/SC(=O)N(CC(=O)Nc3cccc(Cl)c3)C2=O)cc(Br)c1OC. The summed E-state index contributed by atoms with van der Waals surface area (Å²) in [6.07, 6.45) is 1.58. The summed E-state index contributed by atoms with van der Waals surface area (Å²) < 4.78 is 11.6. The van der Waals surface area contributed by atoms with Gasteiger partial charge in [0.15, 0.2) is 11.5 Å². The van der Waals surface area contributed by atoms with Crippen molar-refractivity contribution in [2.45, 2.75) is 6.92 Å². The van der Waals surface area contributed by atoms with Gasteiger partial charge < -0.3 is 14.8 Å². The van der Waals surface area contributed by atoms with Gasteiger partial charge in [-0.25, -0.2) is 0 Å². The van der Waals surface area contributed by atoms with Gasteiger partial charge in [0.2, 0.25) is 5.91 Å². The molecule has 162 valence electrons. The first-order valence-corrected chi connectivity index (χ1v) is 11.1. The van der Waals surface area contributed by atoms with Gasteiger partial charge >= 0.3 is 0 Å². The summed E-state index contributed by atoms with van der Waals surface area (Å²) in [7, 11) is 1.53. The van der Waals surface area contributed by atoms with E-state index in [1.165, 1.54) is 7.11 Å². The average Bonchev–Trinajstić information content (AvgIpc) is 2.95. The number of anilines is 1. The van der Waals surface area contributed by atoms with Crippen molar-refractivity contribution in [3.05, 3.63) is 56.4 Å². The Morgan fingerprint density at radius 1 is 1.29 bits per heavy atom. The number of ether oxygens (including phenoxy) is 2. The Kier molecular flexibility index (Phi) is 7.64. The second-order valence-corrected chi connectivity index (χ2v) is 8.58. The first-order valence-electron chi connectivity index (χ1n) is 9.13. The molecule has 3 rings (SSSR count). The minimum absolute atomic E-state index is 0.208. The Morgan fingerprint density at radius 2 is 2.06 bits per heavy atom. The number of nitrogens with one attached hydrogen (secondary N) is 1. The molecule has 0 atom stereocenters. The van der Waals surface area contributed by atoms with Crippen LogP contribution in [0, 0.1) is 0 Å². The standard InChI is InChI=1S/C21H18BrClN2O5S/c1-3-30-16-8-12(7-15(22)19(16)29-2)9-17-20(27)25(21(28)31-17)11-18(26)24-14-6-4-5-13(23)10-14/h4-10H,3,11H2,1-2H3,(H,24,26)/b17-9+.